The largest absolute Gasteiger partial charge is 0.496 e. The molecule has 2 rings (SSSR count). The van der Waals surface area contributed by atoms with Gasteiger partial charge in [-0.3, -0.25) is 0 Å². The quantitative estimate of drug-likeness (QED) is 0.897. The number of imidazole rings is 1. The molecule has 18 heavy (non-hydrogen) atoms. The molecule has 0 aliphatic carbocycles. The summed E-state index contributed by atoms with van der Waals surface area (Å²) in [4.78, 5) is 4.58. The van der Waals surface area contributed by atoms with E-state index in [1.165, 1.54) is 5.56 Å². The molecule has 4 nitrogen and oxygen atoms in total. The van der Waals surface area contributed by atoms with Gasteiger partial charge in [0.05, 0.1) is 12.8 Å². The van der Waals surface area contributed by atoms with Crippen molar-refractivity contribution in [2.45, 2.75) is 20.4 Å². The van der Waals surface area contributed by atoms with Crippen LogP contribution in [0, 0.1) is 13.8 Å². The second kappa shape index (κ2) is 5.23. The van der Waals surface area contributed by atoms with Crippen LogP contribution in [0.3, 0.4) is 0 Å². The highest BCUT2D eigenvalue weighted by Gasteiger charge is 2.11. The molecular formula is C14H19N3O. The summed E-state index contributed by atoms with van der Waals surface area (Å²) >= 11 is 0. The lowest BCUT2D eigenvalue weighted by atomic mass is 10.1. The van der Waals surface area contributed by atoms with Crippen molar-refractivity contribution in [3.8, 4) is 17.0 Å². The predicted octanol–water partition coefficient (Wildman–Crippen LogP) is 2.13. The van der Waals surface area contributed by atoms with E-state index in [9.17, 15) is 0 Å². The highest BCUT2D eigenvalue weighted by atomic mass is 16.5. The Kier molecular flexibility index (Phi) is 3.67. The minimum atomic E-state index is 0.613. The molecule has 2 aromatic rings. The SMILES string of the molecule is COc1ccc(C)cc1-c1cn(CCN)c(C)n1. The van der Waals surface area contributed by atoms with Gasteiger partial charge in [-0.1, -0.05) is 11.6 Å². The highest BCUT2D eigenvalue weighted by molar-refractivity contribution is 5.67. The van der Waals surface area contributed by atoms with E-state index in [-0.39, 0.29) is 0 Å². The van der Waals surface area contributed by atoms with E-state index in [1.54, 1.807) is 7.11 Å². The molecule has 96 valence electrons. The number of aromatic nitrogens is 2. The van der Waals surface area contributed by atoms with Gasteiger partial charge in [-0.25, -0.2) is 4.98 Å². The number of rotatable bonds is 4. The van der Waals surface area contributed by atoms with Gasteiger partial charge in [0, 0.05) is 24.8 Å². The van der Waals surface area contributed by atoms with Crippen LogP contribution in [0.1, 0.15) is 11.4 Å². The van der Waals surface area contributed by atoms with E-state index >= 15 is 0 Å². The van der Waals surface area contributed by atoms with Crippen LogP contribution in [0.2, 0.25) is 0 Å². The van der Waals surface area contributed by atoms with Crippen LogP contribution >= 0.6 is 0 Å². The summed E-state index contributed by atoms with van der Waals surface area (Å²) < 4.78 is 7.46. The molecule has 0 radical (unpaired) electrons. The first-order valence-electron chi connectivity index (χ1n) is 6.04. The molecule has 0 bridgehead atoms. The lowest BCUT2D eigenvalue weighted by molar-refractivity contribution is 0.416. The zero-order valence-corrected chi connectivity index (χ0v) is 11.1. The highest BCUT2D eigenvalue weighted by Crippen LogP contribution is 2.30. The van der Waals surface area contributed by atoms with Crippen molar-refractivity contribution >= 4 is 0 Å². The molecule has 1 heterocycles. The van der Waals surface area contributed by atoms with E-state index in [0.717, 1.165) is 29.4 Å². The van der Waals surface area contributed by atoms with Crippen LogP contribution in [0.25, 0.3) is 11.3 Å². The molecule has 0 saturated heterocycles. The number of hydrogen-bond acceptors (Lipinski definition) is 3. The molecule has 1 aromatic carbocycles. The first kappa shape index (κ1) is 12.6. The van der Waals surface area contributed by atoms with Gasteiger partial charge in [-0.15, -0.1) is 0 Å². The summed E-state index contributed by atoms with van der Waals surface area (Å²) in [7, 11) is 1.68. The summed E-state index contributed by atoms with van der Waals surface area (Å²) in [5, 5.41) is 0. The number of benzene rings is 1. The lowest BCUT2D eigenvalue weighted by Crippen LogP contribution is -2.10. The molecule has 0 spiro atoms. The molecule has 0 saturated carbocycles. The zero-order valence-electron chi connectivity index (χ0n) is 11.1. The van der Waals surface area contributed by atoms with Crippen molar-refractivity contribution in [2.24, 2.45) is 5.73 Å². The number of aryl methyl sites for hydroxylation is 2. The predicted molar refractivity (Wildman–Crippen MR) is 72.7 cm³/mol. The summed E-state index contributed by atoms with van der Waals surface area (Å²) in [5.41, 5.74) is 8.73. The number of nitrogens with two attached hydrogens (primary N) is 1. The summed E-state index contributed by atoms with van der Waals surface area (Å²) in [6.45, 7) is 5.45. The van der Waals surface area contributed by atoms with Crippen molar-refractivity contribution in [3.63, 3.8) is 0 Å². The van der Waals surface area contributed by atoms with Gasteiger partial charge in [0.2, 0.25) is 0 Å². The molecule has 0 aliphatic heterocycles. The molecule has 0 fully saturated rings. The van der Waals surface area contributed by atoms with Gasteiger partial charge >= 0.3 is 0 Å². The number of nitrogens with zero attached hydrogens (tertiary/aromatic N) is 2. The Hall–Kier alpha value is -1.81. The summed E-state index contributed by atoms with van der Waals surface area (Å²) in [5.74, 6) is 1.82. The second-order valence-electron chi connectivity index (χ2n) is 4.36. The average Bonchev–Trinajstić information content (AvgIpc) is 2.71. The first-order chi connectivity index (χ1) is 8.65. The first-order valence-corrected chi connectivity index (χ1v) is 6.04. The standard InChI is InChI=1S/C14H19N3O/c1-10-4-5-14(18-3)12(8-10)13-9-17(7-6-15)11(2)16-13/h4-5,8-9H,6-7,15H2,1-3H3. The Morgan fingerprint density at radius 2 is 2.11 bits per heavy atom. The van der Waals surface area contributed by atoms with Gasteiger partial charge in [-0.05, 0) is 26.0 Å². The minimum Gasteiger partial charge on any atom is -0.496 e. The molecule has 4 heteroatoms. The van der Waals surface area contributed by atoms with Crippen LogP contribution in [-0.2, 0) is 6.54 Å². The van der Waals surface area contributed by atoms with Crippen LogP contribution < -0.4 is 10.5 Å². The Morgan fingerprint density at radius 3 is 2.78 bits per heavy atom. The van der Waals surface area contributed by atoms with E-state index in [4.69, 9.17) is 10.5 Å². The third-order valence-electron chi connectivity index (χ3n) is 2.98. The minimum absolute atomic E-state index is 0.613. The van der Waals surface area contributed by atoms with Crippen molar-refractivity contribution in [3.05, 3.63) is 35.8 Å². The van der Waals surface area contributed by atoms with Crippen LogP contribution in [0.5, 0.6) is 5.75 Å². The fourth-order valence-electron chi connectivity index (χ4n) is 2.03. The van der Waals surface area contributed by atoms with Gasteiger partial charge < -0.3 is 15.0 Å². The number of methoxy groups -OCH3 is 1. The maximum Gasteiger partial charge on any atom is 0.128 e. The monoisotopic (exact) mass is 245 g/mol. The molecular weight excluding hydrogens is 226 g/mol. The normalized spacial score (nSPS) is 10.7. The molecule has 1 aromatic heterocycles. The summed E-state index contributed by atoms with van der Waals surface area (Å²) in [6, 6.07) is 6.10. The molecule has 2 N–H and O–H groups in total. The number of ether oxygens (including phenoxy) is 1. The van der Waals surface area contributed by atoms with E-state index in [0.29, 0.717) is 6.54 Å². The summed E-state index contributed by atoms with van der Waals surface area (Å²) in [6.07, 6.45) is 2.03. The molecule has 0 unspecified atom stereocenters. The van der Waals surface area contributed by atoms with Crippen molar-refractivity contribution in [2.75, 3.05) is 13.7 Å². The molecule has 0 aliphatic rings. The third-order valence-corrected chi connectivity index (χ3v) is 2.98. The van der Waals surface area contributed by atoms with Crippen LogP contribution in [-0.4, -0.2) is 23.2 Å². The van der Waals surface area contributed by atoms with Crippen LogP contribution in [0.15, 0.2) is 24.4 Å². The van der Waals surface area contributed by atoms with Crippen LogP contribution in [0.4, 0.5) is 0 Å². The Labute approximate surface area is 107 Å². The Balaban J connectivity index is 2.47. The smallest absolute Gasteiger partial charge is 0.128 e. The fourth-order valence-corrected chi connectivity index (χ4v) is 2.03. The maximum atomic E-state index is 5.58. The maximum absolute atomic E-state index is 5.58. The molecule has 0 atom stereocenters. The van der Waals surface area contributed by atoms with Gasteiger partial charge in [0.15, 0.2) is 0 Å². The number of hydrogen-bond donors (Lipinski definition) is 1. The lowest BCUT2D eigenvalue weighted by Gasteiger charge is -2.07. The Morgan fingerprint density at radius 1 is 1.33 bits per heavy atom. The van der Waals surface area contributed by atoms with Crippen molar-refractivity contribution in [1.29, 1.82) is 0 Å². The van der Waals surface area contributed by atoms with Gasteiger partial charge in [-0.2, -0.15) is 0 Å². The zero-order chi connectivity index (χ0) is 13.1. The van der Waals surface area contributed by atoms with Crippen molar-refractivity contribution < 1.29 is 4.74 Å². The van der Waals surface area contributed by atoms with Gasteiger partial charge in [0.1, 0.15) is 11.6 Å². The van der Waals surface area contributed by atoms with E-state index in [2.05, 4.69) is 22.5 Å². The van der Waals surface area contributed by atoms with E-state index < -0.39 is 0 Å². The van der Waals surface area contributed by atoms with E-state index in [1.807, 2.05) is 25.3 Å². The fraction of sp³-hybridized carbons (Fsp3) is 0.357. The Bertz CT molecular complexity index is 546. The van der Waals surface area contributed by atoms with Crippen molar-refractivity contribution in [1.82, 2.24) is 9.55 Å². The average molecular weight is 245 g/mol. The third kappa shape index (κ3) is 2.38. The topological polar surface area (TPSA) is 53.1 Å². The molecule has 0 amide bonds. The van der Waals surface area contributed by atoms with Gasteiger partial charge in [0.25, 0.3) is 0 Å². The second-order valence-corrected chi connectivity index (χ2v) is 4.36.